The van der Waals surface area contributed by atoms with Gasteiger partial charge in [-0.15, -0.1) is 0 Å². The number of hydrogen-bond donors (Lipinski definition) is 2. The highest BCUT2D eigenvalue weighted by atomic mass is 16.2. The number of hydrogen-bond acceptors (Lipinski definition) is 3. The lowest BCUT2D eigenvalue weighted by atomic mass is 10.0. The molecule has 0 bridgehead atoms. The van der Waals surface area contributed by atoms with Crippen LogP contribution in [0, 0.1) is 13.8 Å². The molecule has 1 aliphatic heterocycles. The summed E-state index contributed by atoms with van der Waals surface area (Å²) in [5, 5.41) is 3.96. The maximum absolute atomic E-state index is 12.6. The number of rotatable bonds is 4. The quantitative estimate of drug-likeness (QED) is 0.669. The number of anilines is 1. The number of aromatic nitrogens is 2. The second kappa shape index (κ2) is 7.54. The third kappa shape index (κ3) is 3.78. The van der Waals surface area contributed by atoms with E-state index in [-0.39, 0.29) is 11.8 Å². The number of fused-ring (bicyclic) bond motifs is 2. The van der Waals surface area contributed by atoms with Gasteiger partial charge >= 0.3 is 0 Å². The van der Waals surface area contributed by atoms with Crippen LogP contribution in [0.2, 0.25) is 0 Å². The number of amides is 2. The van der Waals surface area contributed by atoms with Crippen molar-refractivity contribution in [2.24, 2.45) is 0 Å². The van der Waals surface area contributed by atoms with Gasteiger partial charge in [0.2, 0.25) is 11.8 Å². The second-order valence-electron chi connectivity index (χ2n) is 7.58. The van der Waals surface area contributed by atoms with Crippen LogP contribution in [0.15, 0.2) is 36.5 Å². The van der Waals surface area contributed by atoms with Gasteiger partial charge in [0.25, 0.3) is 0 Å². The Morgan fingerprint density at radius 3 is 2.90 bits per heavy atom. The number of para-hydroxylation sites is 1. The molecular weight excluding hydrogens is 364 g/mol. The molecule has 0 aliphatic carbocycles. The average Bonchev–Trinajstić information content (AvgIpc) is 3.03. The lowest BCUT2D eigenvalue weighted by Gasteiger charge is -2.16. The molecule has 0 unspecified atom stereocenters. The summed E-state index contributed by atoms with van der Waals surface area (Å²) in [6.07, 6.45) is 6.13. The maximum atomic E-state index is 12.6. The Morgan fingerprint density at radius 2 is 2.10 bits per heavy atom. The van der Waals surface area contributed by atoms with Crippen molar-refractivity contribution in [1.82, 2.24) is 14.9 Å². The summed E-state index contributed by atoms with van der Waals surface area (Å²) in [7, 11) is 1.80. The maximum Gasteiger partial charge on any atom is 0.246 e. The van der Waals surface area contributed by atoms with Gasteiger partial charge in [-0.05, 0) is 54.7 Å². The van der Waals surface area contributed by atoms with Crippen LogP contribution < -0.4 is 5.32 Å². The normalized spacial score (nSPS) is 13.6. The Balaban J connectivity index is 1.47. The number of carbonyl (C=O) groups excluding carboxylic acids is 2. The van der Waals surface area contributed by atoms with Crippen LogP contribution in [0.1, 0.15) is 34.4 Å². The predicted octanol–water partition coefficient (Wildman–Crippen LogP) is 3.74. The Kier molecular flexibility index (Phi) is 4.92. The molecule has 148 valence electrons. The zero-order valence-corrected chi connectivity index (χ0v) is 16.9. The van der Waals surface area contributed by atoms with Gasteiger partial charge in [-0.1, -0.05) is 18.2 Å². The van der Waals surface area contributed by atoms with Crippen LogP contribution >= 0.6 is 0 Å². The van der Waals surface area contributed by atoms with Gasteiger partial charge in [0.1, 0.15) is 5.82 Å². The SMILES string of the molecule is Cc1c(CN(C)C(=O)/C=C/c2cnc3c(c2)CCC(=O)N3)[nH]c2c(C)cccc12. The molecular formula is C23H24N4O2. The molecule has 3 aromatic rings. The number of nitrogens with zero attached hydrogens (tertiary/aromatic N) is 2. The first-order chi connectivity index (χ1) is 13.9. The van der Waals surface area contributed by atoms with Crippen molar-refractivity contribution in [2.75, 3.05) is 12.4 Å². The highest BCUT2D eigenvalue weighted by Gasteiger charge is 2.16. The zero-order chi connectivity index (χ0) is 20.5. The van der Waals surface area contributed by atoms with Crippen molar-refractivity contribution >= 4 is 34.6 Å². The minimum absolute atomic E-state index is 0.00689. The molecule has 2 aromatic heterocycles. The molecule has 3 heterocycles. The summed E-state index contributed by atoms with van der Waals surface area (Å²) in [6.45, 7) is 4.68. The Hall–Kier alpha value is -3.41. The Labute approximate surface area is 169 Å². The van der Waals surface area contributed by atoms with Crippen LogP contribution in [0.25, 0.3) is 17.0 Å². The first-order valence-corrected chi connectivity index (χ1v) is 9.71. The summed E-state index contributed by atoms with van der Waals surface area (Å²) in [4.78, 5) is 33.5. The number of carbonyl (C=O) groups is 2. The number of nitrogens with one attached hydrogen (secondary N) is 2. The van der Waals surface area contributed by atoms with Gasteiger partial charge in [-0.25, -0.2) is 4.98 Å². The van der Waals surface area contributed by atoms with Crippen molar-refractivity contribution in [2.45, 2.75) is 33.2 Å². The largest absolute Gasteiger partial charge is 0.356 e. The number of pyridine rings is 1. The number of aromatic amines is 1. The fraction of sp³-hybridized carbons (Fsp3) is 0.261. The third-order valence-corrected chi connectivity index (χ3v) is 5.46. The first-order valence-electron chi connectivity index (χ1n) is 9.71. The van der Waals surface area contributed by atoms with E-state index in [0.717, 1.165) is 22.3 Å². The summed E-state index contributed by atoms with van der Waals surface area (Å²) < 4.78 is 0. The van der Waals surface area contributed by atoms with Gasteiger partial charge in [0.05, 0.1) is 6.54 Å². The molecule has 0 saturated heterocycles. The van der Waals surface area contributed by atoms with E-state index in [1.165, 1.54) is 16.5 Å². The van der Waals surface area contributed by atoms with E-state index >= 15 is 0 Å². The molecule has 1 aromatic carbocycles. The van der Waals surface area contributed by atoms with Crippen LogP contribution in [0.3, 0.4) is 0 Å². The molecule has 4 rings (SSSR count). The van der Waals surface area contributed by atoms with Crippen LogP contribution in [0.4, 0.5) is 5.82 Å². The topological polar surface area (TPSA) is 78.1 Å². The molecule has 0 atom stereocenters. The van der Waals surface area contributed by atoms with Crippen molar-refractivity contribution in [3.63, 3.8) is 0 Å². The Morgan fingerprint density at radius 1 is 1.28 bits per heavy atom. The lowest BCUT2D eigenvalue weighted by Crippen LogP contribution is -2.24. The van der Waals surface area contributed by atoms with Gasteiger partial charge in [-0.3, -0.25) is 9.59 Å². The monoisotopic (exact) mass is 388 g/mol. The van der Waals surface area contributed by atoms with E-state index in [9.17, 15) is 9.59 Å². The van der Waals surface area contributed by atoms with E-state index in [4.69, 9.17) is 0 Å². The molecule has 0 radical (unpaired) electrons. The number of benzene rings is 1. The van der Waals surface area contributed by atoms with Gasteiger partial charge in [0, 0.05) is 42.3 Å². The van der Waals surface area contributed by atoms with Crippen molar-refractivity contribution in [1.29, 1.82) is 0 Å². The van der Waals surface area contributed by atoms with E-state index in [1.807, 2.05) is 6.07 Å². The predicted molar refractivity (Wildman–Crippen MR) is 114 cm³/mol. The minimum Gasteiger partial charge on any atom is -0.356 e. The molecule has 1 aliphatic rings. The standard InChI is InChI=1S/C23H24N4O2/c1-14-5-4-6-18-15(2)19(25-22(14)18)13-27(3)21(29)10-7-16-11-17-8-9-20(28)26-23(17)24-12-16/h4-7,10-12,25H,8-9,13H2,1-3H3,(H,24,26,28)/b10-7+. The van der Waals surface area contributed by atoms with Crippen molar-refractivity contribution in [3.8, 4) is 0 Å². The third-order valence-electron chi connectivity index (χ3n) is 5.46. The fourth-order valence-corrected chi connectivity index (χ4v) is 3.69. The first kappa shape index (κ1) is 18.9. The van der Waals surface area contributed by atoms with Gasteiger partial charge in [0.15, 0.2) is 0 Å². The van der Waals surface area contributed by atoms with E-state index in [2.05, 4.69) is 47.3 Å². The van der Waals surface area contributed by atoms with E-state index in [1.54, 1.807) is 30.3 Å². The van der Waals surface area contributed by atoms with Gasteiger partial charge in [-0.2, -0.15) is 0 Å². The van der Waals surface area contributed by atoms with Crippen LogP contribution in [-0.4, -0.2) is 33.7 Å². The van der Waals surface area contributed by atoms with Crippen LogP contribution in [-0.2, 0) is 22.6 Å². The highest BCUT2D eigenvalue weighted by Crippen LogP contribution is 2.25. The van der Waals surface area contributed by atoms with E-state index in [0.29, 0.717) is 25.2 Å². The average molecular weight is 388 g/mol. The summed E-state index contributed by atoms with van der Waals surface area (Å²) in [5.41, 5.74) is 6.39. The molecule has 2 N–H and O–H groups in total. The fourth-order valence-electron chi connectivity index (χ4n) is 3.69. The molecule has 29 heavy (non-hydrogen) atoms. The molecule has 6 heteroatoms. The lowest BCUT2D eigenvalue weighted by molar-refractivity contribution is -0.125. The minimum atomic E-state index is -0.0780. The summed E-state index contributed by atoms with van der Waals surface area (Å²) in [6, 6.07) is 8.21. The second-order valence-corrected chi connectivity index (χ2v) is 7.58. The Bertz CT molecular complexity index is 1140. The van der Waals surface area contributed by atoms with Crippen molar-refractivity contribution in [3.05, 3.63) is 64.5 Å². The summed E-state index contributed by atoms with van der Waals surface area (Å²) in [5.74, 6) is 0.532. The molecule has 2 amide bonds. The molecule has 0 spiro atoms. The molecule has 6 nitrogen and oxygen atoms in total. The van der Waals surface area contributed by atoms with Crippen molar-refractivity contribution < 1.29 is 9.59 Å². The molecule has 0 fully saturated rings. The molecule has 0 saturated carbocycles. The zero-order valence-electron chi connectivity index (χ0n) is 16.9. The summed E-state index contributed by atoms with van der Waals surface area (Å²) >= 11 is 0. The van der Waals surface area contributed by atoms with Crippen LogP contribution in [0.5, 0.6) is 0 Å². The number of aryl methyl sites for hydroxylation is 3. The van der Waals surface area contributed by atoms with Gasteiger partial charge < -0.3 is 15.2 Å². The number of H-pyrrole nitrogens is 1. The van der Waals surface area contributed by atoms with E-state index < -0.39 is 0 Å². The smallest absolute Gasteiger partial charge is 0.246 e. The number of likely N-dealkylation sites (N-methyl/N-ethyl adjacent to an activating group) is 1. The highest BCUT2D eigenvalue weighted by molar-refractivity contribution is 5.94.